The second-order valence-electron chi connectivity index (χ2n) is 4.27. The molecule has 1 aromatic heterocycles. The summed E-state index contributed by atoms with van der Waals surface area (Å²) in [6.07, 6.45) is 1.86. The number of hydrogen-bond donors (Lipinski definition) is 1. The highest BCUT2D eigenvalue weighted by Crippen LogP contribution is 2.18. The average Bonchev–Trinajstić information content (AvgIpc) is 2.81. The Morgan fingerprint density at radius 1 is 1.32 bits per heavy atom. The van der Waals surface area contributed by atoms with E-state index >= 15 is 0 Å². The normalized spacial score (nSPS) is 10.6. The Kier molecular flexibility index (Phi) is 4.76. The summed E-state index contributed by atoms with van der Waals surface area (Å²) in [5.74, 6) is 1.63. The van der Waals surface area contributed by atoms with Crippen molar-refractivity contribution in [3.63, 3.8) is 0 Å². The molecule has 19 heavy (non-hydrogen) atoms. The van der Waals surface area contributed by atoms with Gasteiger partial charge in [-0.1, -0.05) is 47.7 Å². The number of rotatable bonds is 6. The molecular formula is C14H18N4S. The third-order valence-corrected chi connectivity index (χ3v) is 3.73. The van der Waals surface area contributed by atoms with Crippen LogP contribution in [0, 0.1) is 6.92 Å². The van der Waals surface area contributed by atoms with Crippen LogP contribution in [-0.4, -0.2) is 20.5 Å². The van der Waals surface area contributed by atoms with Gasteiger partial charge in [0.1, 0.15) is 5.82 Å². The molecule has 0 amide bonds. The minimum Gasteiger partial charge on any atom is -0.324 e. The molecule has 2 aromatic rings. The zero-order valence-corrected chi connectivity index (χ0v) is 11.9. The van der Waals surface area contributed by atoms with E-state index in [9.17, 15) is 0 Å². The fourth-order valence-corrected chi connectivity index (χ4v) is 2.44. The molecule has 1 aromatic carbocycles. The molecule has 4 nitrogen and oxygen atoms in total. The van der Waals surface area contributed by atoms with Gasteiger partial charge in [0.15, 0.2) is 5.16 Å². The van der Waals surface area contributed by atoms with Crippen molar-refractivity contribution in [3.05, 3.63) is 53.9 Å². The van der Waals surface area contributed by atoms with Crippen LogP contribution in [-0.2, 0) is 13.1 Å². The molecule has 0 radical (unpaired) electrons. The van der Waals surface area contributed by atoms with Gasteiger partial charge in [0.25, 0.3) is 0 Å². The highest BCUT2D eigenvalue weighted by molar-refractivity contribution is 7.99. The minimum atomic E-state index is 0.396. The molecule has 0 bridgehead atoms. The van der Waals surface area contributed by atoms with Crippen LogP contribution >= 0.6 is 11.8 Å². The summed E-state index contributed by atoms with van der Waals surface area (Å²) in [5.41, 5.74) is 8.20. The average molecular weight is 274 g/mol. The topological polar surface area (TPSA) is 56.7 Å². The molecule has 0 spiro atoms. The van der Waals surface area contributed by atoms with Gasteiger partial charge >= 0.3 is 0 Å². The highest BCUT2D eigenvalue weighted by Gasteiger charge is 2.11. The molecular weight excluding hydrogens is 256 g/mol. The molecule has 5 heteroatoms. The van der Waals surface area contributed by atoms with E-state index in [4.69, 9.17) is 5.73 Å². The van der Waals surface area contributed by atoms with Gasteiger partial charge in [-0.3, -0.25) is 0 Å². The Labute approximate surface area is 117 Å². The Balaban J connectivity index is 2.23. The lowest BCUT2D eigenvalue weighted by molar-refractivity contribution is 0.667. The SMILES string of the molecule is C=CCSc1nnc(CN)n1Cc1ccc(C)cc1. The van der Waals surface area contributed by atoms with E-state index in [2.05, 4.69) is 52.5 Å². The van der Waals surface area contributed by atoms with Gasteiger partial charge in [-0.2, -0.15) is 0 Å². The Bertz CT molecular complexity index is 545. The molecule has 0 aliphatic rings. The molecule has 0 fully saturated rings. The first-order valence-corrected chi connectivity index (χ1v) is 7.14. The van der Waals surface area contributed by atoms with Gasteiger partial charge in [0.2, 0.25) is 0 Å². The second-order valence-corrected chi connectivity index (χ2v) is 5.26. The monoisotopic (exact) mass is 274 g/mol. The predicted molar refractivity (Wildman–Crippen MR) is 79.1 cm³/mol. The lowest BCUT2D eigenvalue weighted by Crippen LogP contribution is -2.10. The maximum Gasteiger partial charge on any atom is 0.191 e. The lowest BCUT2D eigenvalue weighted by Gasteiger charge is -2.09. The molecule has 2 N–H and O–H groups in total. The molecule has 1 heterocycles. The van der Waals surface area contributed by atoms with Crippen molar-refractivity contribution in [2.45, 2.75) is 25.2 Å². The number of hydrogen-bond acceptors (Lipinski definition) is 4. The summed E-state index contributed by atoms with van der Waals surface area (Å²) in [4.78, 5) is 0. The summed E-state index contributed by atoms with van der Waals surface area (Å²) in [7, 11) is 0. The van der Waals surface area contributed by atoms with Crippen molar-refractivity contribution < 1.29 is 0 Å². The number of nitrogens with zero attached hydrogens (tertiary/aromatic N) is 3. The van der Waals surface area contributed by atoms with Crippen LogP contribution in [0.4, 0.5) is 0 Å². The van der Waals surface area contributed by atoms with Crippen LogP contribution in [0.25, 0.3) is 0 Å². The first-order chi connectivity index (χ1) is 9.24. The third-order valence-electron chi connectivity index (χ3n) is 2.77. The van der Waals surface area contributed by atoms with Gasteiger partial charge in [-0.15, -0.1) is 16.8 Å². The maximum atomic E-state index is 5.72. The summed E-state index contributed by atoms with van der Waals surface area (Å²) in [5, 5.41) is 9.21. The van der Waals surface area contributed by atoms with E-state index in [1.807, 2.05) is 6.08 Å². The van der Waals surface area contributed by atoms with Crippen LogP contribution < -0.4 is 5.73 Å². The number of aromatic nitrogens is 3. The van der Waals surface area contributed by atoms with Crippen molar-refractivity contribution in [2.75, 3.05) is 5.75 Å². The fraction of sp³-hybridized carbons (Fsp3) is 0.286. The van der Waals surface area contributed by atoms with Gasteiger partial charge in [-0.05, 0) is 12.5 Å². The van der Waals surface area contributed by atoms with E-state index in [0.29, 0.717) is 6.54 Å². The van der Waals surface area contributed by atoms with E-state index in [-0.39, 0.29) is 0 Å². The molecule has 0 aliphatic heterocycles. The molecule has 0 aliphatic carbocycles. The Morgan fingerprint density at radius 2 is 2.05 bits per heavy atom. The second kappa shape index (κ2) is 6.54. The standard InChI is InChI=1S/C14H18N4S/c1-3-8-19-14-17-16-13(9-15)18(14)10-12-6-4-11(2)5-7-12/h3-7H,1,8-10,15H2,2H3. The minimum absolute atomic E-state index is 0.396. The van der Waals surface area contributed by atoms with E-state index < -0.39 is 0 Å². The highest BCUT2D eigenvalue weighted by atomic mass is 32.2. The zero-order chi connectivity index (χ0) is 13.7. The Morgan fingerprint density at radius 3 is 2.68 bits per heavy atom. The van der Waals surface area contributed by atoms with E-state index in [1.54, 1.807) is 11.8 Å². The fourth-order valence-electron chi connectivity index (χ4n) is 1.75. The van der Waals surface area contributed by atoms with Crippen LogP contribution in [0.5, 0.6) is 0 Å². The molecule has 0 unspecified atom stereocenters. The summed E-state index contributed by atoms with van der Waals surface area (Å²) in [6.45, 7) is 6.95. The van der Waals surface area contributed by atoms with Crippen molar-refractivity contribution in [3.8, 4) is 0 Å². The largest absolute Gasteiger partial charge is 0.324 e. The first-order valence-electron chi connectivity index (χ1n) is 6.16. The van der Waals surface area contributed by atoms with Gasteiger partial charge < -0.3 is 10.3 Å². The van der Waals surface area contributed by atoms with Crippen molar-refractivity contribution in [1.29, 1.82) is 0 Å². The number of nitrogens with two attached hydrogens (primary N) is 1. The van der Waals surface area contributed by atoms with E-state index in [0.717, 1.165) is 23.3 Å². The van der Waals surface area contributed by atoms with Gasteiger partial charge in [0, 0.05) is 5.75 Å². The zero-order valence-electron chi connectivity index (χ0n) is 11.0. The molecule has 0 saturated carbocycles. The number of thioether (sulfide) groups is 1. The molecule has 0 saturated heterocycles. The number of aryl methyl sites for hydroxylation is 1. The van der Waals surface area contributed by atoms with Gasteiger partial charge in [-0.25, -0.2) is 0 Å². The van der Waals surface area contributed by atoms with Crippen LogP contribution in [0.1, 0.15) is 17.0 Å². The number of benzene rings is 1. The smallest absolute Gasteiger partial charge is 0.191 e. The molecule has 100 valence electrons. The van der Waals surface area contributed by atoms with Crippen LogP contribution in [0.2, 0.25) is 0 Å². The van der Waals surface area contributed by atoms with E-state index in [1.165, 1.54) is 11.1 Å². The van der Waals surface area contributed by atoms with Crippen LogP contribution in [0.3, 0.4) is 0 Å². The van der Waals surface area contributed by atoms with Crippen molar-refractivity contribution in [2.24, 2.45) is 5.73 Å². The maximum absolute atomic E-state index is 5.72. The van der Waals surface area contributed by atoms with Crippen LogP contribution in [0.15, 0.2) is 42.1 Å². The molecule has 0 atom stereocenters. The quantitative estimate of drug-likeness (QED) is 0.649. The van der Waals surface area contributed by atoms with Crippen molar-refractivity contribution >= 4 is 11.8 Å². The predicted octanol–water partition coefficient (Wildman–Crippen LogP) is 2.37. The summed E-state index contributed by atoms with van der Waals surface area (Å²) < 4.78 is 2.07. The summed E-state index contributed by atoms with van der Waals surface area (Å²) in [6, 6.07) is 8.46. The molecule has 2 rings (SSSR count). The lowest BCUT2D eigenvalue weighted by atomic mass is 10.1. The Hall–Kier alpha value is -1.59. The first kappa shape index (κ1) is 13.8. The van der Waals surface area contributed by atoms with Gasteiger partial charge in [0.05, 0.1) is 13.1 Å². The van der Waals surface area contributed by atoms with Crippen molar-refractivity contribution in [1.82, 2.24) is 14.8 Å². The summed E-state index contributed by atoms with van der Waals surface area (Å²) >= 11 is 1.62. The third kappa shape index (κ3) is 3.45.